The summed E-state index contributed by atoms with van der Waals surface area (Å²) in [5.74, 6) is 2.23. The quantitative estimate of drug-likeness (QED) is 0.750. The number of ether oxygens (including phenoxy) is 2. The first-order valence-corrected chi connectivity index (χ1v) is 10.4. The van der Waals surface area contributed by atoms with Gasteiger partial charge in [0.1, 0.15) is 17.6 Å². The van der Waals surface area contributed by atoms with Gasteiger partial charge in [-0.1, -0.05) is 0 Å². The summed E-state index contributed by atoms with van der Waals surface area (Å²) in [7, 11) is 3.45. The van der Waals surface area contributed by atoms with Gasteiger partial charge in [-0.05, 0) is 49.3 Å². The standard InChI is InChI=1S/C22H30N4O4/c1-14-4-18(29-3)8-19(5-14)30-21-7-16-11-26(10-15(16)6-20(21)27)13-22(28)24-17-9-23-25(2)12-17/h4-5,8-9,12,15-16,20-21,27H,6-7,10-11,13H2,1-3H3,(H,24,28)/t15-,16+,20+,21+/m0/s1. The minimum Gasteiger partial charge on any atom is -0.497 e. The van der Waals surface area contributed by atoms with Crippen LogP contribution in [0, 0.1) is 18.8 Å². The average molecular weight is 415 g/mol. The zero-order valence-electron chi connectivity index (χ0n) is 17.7. The number of nitrogens with one attached hydrogen (secondary N) is 1. The molecule has 1 amide bonds. The number of carbonyl (C=O) groups excluding carboxylic acids is 1. The third-order valence-electron chi connectivity index (χ3n) is 6.06. The van der Waals surface area contributed by atoms with Gasteiger partial charge in [-0.2, -0.15) is 5.10 Å². The number of aromatic nitrogens is 2. The van der Waals surface area contributed by atoms with E-state index < -0.39 is 6.10 Å². The summed E-state index contributed by atoms with van der Waals surface area (Å²) in [6.45, 7) is 4.01. The molecule has 2 heterocycles. The van der Waals surface area contributed by atoms with E-state index in [1.807, 2.05) is 32.2 Å². The van der Waals surface area contributed by atoms with E-state index in [1.54, 1.807) is 24.2 Å². The van der Waals surface area contributed by atoms with Crippen LogP contribution in [0.5, 0.6) is 11.5 Å². The lowest BCUT2D eigenvalue weighted by molar-refractivity contribution is -0.117. The van der Waals surface area contributed by atoms with Gasteiger partial charge < -0.3 is 19.9 Å². The van der Waals surface area contributed by atoms with Crippen LogP contribution in [0.3, 0.4) is 0 Å². The van der Waals surface area contributed by atoms with Crippen LogP contribution in [0.25, 0.3) is 0 Å². The van der Waals surface area contributed by atoms with Crippen molar-refractivity contribution in [3.05, 3.63) is 36.2 Å². The Balaban J connectivity index is 1.33. The zero-order chi connectivity index (χ0) is 21.3. The van der Waals surface area contributed by atoms with Gasteiger partial charge in [0.05, 0.1) is 31.6 Å². The molecule has 2 N–H and O–H groups in total. The molecule has 1 aliphatic carbocycles. The zero-order valence-corrected chi connectivity index (χ0v) is 17.7. The Morgan fingerprint density at radius 2 is 1.97 bits per heavy atom. The monoisotopic (exact) mass is 414 g/mol. The van der Waals surface area contributed by atoms with E-state index in [4.69, 9.17) is 9.47 Å². The van der Waals surface area contributed by atoms with Crippen molar-refractivity contribution in [2.24, 2.45) is 18.9 Å². The predicted molar refractivity (Wildman–Crippen MR) is 113 cm³/mol. The van der Waals surface area contributed by atoms with E-state index in [-0.39, 0.29) is 12.0 Å². The van der Waals surface area contributed by atoms with Crippen LogP contribution < -0.4 is 14.8 Å². The number of rotatable bonds is 6. The molecule has 8 nitrogen and oxygen atoms in total. The number of aliphatic hydroxyl groups excluding tert-OH is 1. The number of hydrogen-bond donors (Lipinski definition) is 2. The second-order valence-corrected chi connectivity index (χ2v) is 8.55. The van der Waals surface area contributed by atoms with E-state index in [0.717, 1.165) is 36.6 Å². The third kappa shape index (κ3) is 4.76. The molecule has 1 saturated carbocycles. The number of anilines is 1. The van der Waals surface area contributed by atoms with Crippen LogP contribution in [-0.2, 0) is 11.8 Å². The van der Waals surface area contributed by atoms with E-state index >= 15 is 0 Å². The van der Waals surface area contributed by atoms with Gasteiger partial charge in [-0.15, -0.1) is 0 Å². The van der Waals surface area contributed by atoms with E-state index in [1.165, 1.54) is 0 Å². The predicted octanol–water partition coefficient (Wildman–Crippen LogP) is 1.83. The third-order valence-corrected chi connectivity index (χ3v) is 6.06. The number of aryl methyl sites for hydroxylation is 2. The Morgan fingerprint density at radius 3 is 2.67 bits per heavy atom. The molecule has 30 heavy (non-hydrogen) atoms. The van der Waals surface area contributed by atoms with E-state index in [0.29, 0.717) is 30.5 Å². The van der Waals surface area contributed by atoms with Crippen molar-refractivity contribution < 1.29 is 19.4 Å². The molecule has 4 atom stereocenters. The molecule has 4 rings (SSSR count). The molecule has 2 aromatic rings. The summed E-state index contributed by atoms with van der Waals surface area (Å²) in [4.78, 5) is 14.5. The molecule has 1 aromatic heterocycles. The fourth-order valence-electron chi connectivity index (χ4n) is 4.71. The molecule has 1 aliphatic heterocycles. The first-order chi connectivity index (χ1) is 14.4. The number of likely N-dealkylation sites (tertiary alicyclic amines) is 1. The smallest absolute Gasteiger partial charge is 0.238 e. The van der Waals surface area contributed by atoms with Crippen molar-refractivity contribution in [1.82, 2.24) is 14.7 Å². The minimum absolute atomic E-state index is 0.0400. The maximum Gasteiger partial charge on any atom is 0.238 e. The fraction of sp³-hybridized carbons (Fsp3) is 0.545. The first kappa shape index (κ1) is 20.7. The van der Waals surface area contributed by atoms with Crippen molar-refractivity contribution in [3.8, 4) is 11.5 Å². The molecule has 0 bridgehead atoms. The van der Waals surface area contributed by atoms with Crippen molar-refractivity contribution >= 4 is 11.6 Å². The Bertz CT molecular complexity index is 899. The number of methoxy groups -OCH3 is 1. The van der Waals surface area contributed by atoms with Crippen molar-refractivity contribution in [2.45, 2.75) is 32.0 Å². The molecule has 0 spiro atoms. The van der Waals surface area contributed by atoms with E-state index in [9.17, 15) is 9.90 Å². The SMILES string of the molecule is COc1cc(C)cc(O[C@@H]2C[C@@H]3CN(CC(=O)Nc4cnn(C)c4)C[C@@H]3C[C@H]2O)c1. The highest BCUT2D eigenvalue weighted by molar-refractivity contribution is 5.91. The fourth-order valence-corrected chi connectivity index (χ4v) is 4.71. The topological polar surface area (TPSA) is 88.9 Å². The largest absolute Gasteiger partial charge is 0.497 e. The van der Waals surface area contributed by atoms with Gasteiger partial charge in [0.2, 0.25) is 5.91 Å². The summed E-state index contributed by atoms with van der Waals surface area (Å²) in [5.41, 5.74) is 1.76. The van der Waals surface area contributed by atoms with Crippen LogP contribution in [0.4, 0.5) is 5.69 Å². The van der Waals surface area contributed by atoms with E-state index in [2.05, 4.69) is 15.3 Å². The van der Waals surface area contributed by atoms with Gasteiger partial charge in [-0.25, -0.2) is 0 Å². The van der Waals surface area contributed by atoms with Crippen molar-refractivity contribution in [3.63, 3.8) is 0 Å². The maximum absolute atomic E-state index is 12.4. The minimum atomic E-state index is -0.512. The molecule has 2 aliphatic rings. The normalized spacial score (nSPS) is 26.3. The second kappa shape index (κ2) is 8.65. The van der Waals surface area contributed by atoms with Gasteiger partial charge in [0.25, 0.3) is 0 Å². The molecular weight excluding hydrogens is 384 g/mol. The highest BCUT2D eigenvalue weighted by Crippen LogP contribution is 2.38. The van der Waals surface area contributed by atoms with Gasteiger partial charge in [-0.3, -0.25) is 14.4 Å². The van der Waals surface area contributed by atoms with Crippen LogP contribution in [0.1, 0.15) is 18.4 Å². The Morgan fingerprint density at radius 1 is 1.23 bits per heavy atom. The highest BCUT2D eigenvalue weighted by Gasteiger charge is 2.43. The number of aliphatic hydroxyl groups is 1. The Kier molecular flexibility index (Phi) is 5.97. The number of hydrogen-bond acceptors (Lipinski definition) is 6. The number of fused-ring (bicyclic) bond motifs is 1. The van der Waals surface area contributed by atoms with Crippen molar-refractivity contribution in [2.75, 3.05) is 32.1 Å². The number of benzene rings is 1. The average Bonchev–Trinajstić information content (AvgIpc) is 3.26. The molecule has 0 unspecified atom stereocenters. The van der Waals surface area contributed by atoms with Gasteiger partial charge in [0, 0.05) is 32.4 Å². The molecule has 0 radical (unpaired) electrons. The van der Waals surface area contributed by atoms with Gasteiger partial charge >= 0.3 is 0 Å². The van der Waals surface area contributed by atoms with Crippen molar-refractivity contribution in [1.29, 1.82) is 0 Å². The van der Waals surface area contributed by atoms with Crippen LogP contribution in [0.15, 0.2) is 30.6 Å². The lowest BCUT2D eigenvalue weighted by atomic mass is 9.78. The lowest BCUT2D eigenvalue weighted by Crippen LogP contribution is -2.42. The number of amides is 1. The molecule has 162 valence electrons. The molecule has 1 aromatic carbocycles. The molecule has 2 fully saturated rings. The summed E-state index contributed by atoms with van der Waals surface area (Å²) in [6.07, 6.45) is 4.13. The summed E-state index contributed by atoms with van der Waals surface area (Å²) >= 11 is 0. The van der Waals surface area contributed by atoms with Crippen LogP contribution >= 0.6 is 0 Å². The summed E-state index contributed by atoms with van der Waals surface area (Å²) in [6, 6.07) is 5.77. The Hall–Kier alpha value is -2.58. The molecular formula is C22H30N4O4. The lowest BCUT2D eigenvalue weighted by Gasteiger charge is -2.35. The van der Waals surface area contributed by atoms with Gasteiger partial charge in [0.15, 0.2) is 0 Å². The Labute approximate surface area is 176 Å². The van der Waals surface area contributed by atoms with Crippen LogP contribution in [0.2, 0.25) is 0 Å². The highest BCUT2D eigenvalue weighted by atomic mass is 16.5. The summed E-state index contributed by atoms with van der Waals surface area (Å²) < 4.78 is 13.1. The molecule has 8 heteroatoms. The first-order valence-electron chi connectivity index (χ1n) is 10.4. The maximum atomic E-state index is 12.4. The number of nitrogens with zero attached hydrogens (tertiary/aromatic N) is 3. The van der Waals surface area contributed by atoms with Crippen LogP contribution in [-0.4, -0.2) is 64.6 Å². The second-order valence-electron chi connectivity index (χ2n) is 8.55. The summed E-state index contributed by atoms with van der Waals surface area (Å²) in [5, 5.41) is 17.6. The number of carbonyl (C=O) groups is 1. The molecule has 1 saturated heterocycles.